The van der Waals surface area contributed by atoms with Gasteiger partial charge < -0.3 is 31.2 Å². The van der Waals surface area contributed by atoms with E-state index in [2.05, 4.69) is 6.07 Å². The Morgan fingerprint density at radius 1 is 1.36 bits per heavy atom. The maximum Gasteiger partial charge on any atom is 2.00 e. The summed E-state index contributed by atoms with van der Waals surface area (Å²) in [5.41, 5.74) is 0. The minimum absolute atomic E-state index is 0. The van der Waals surface area contributed by atoms with Crippen LogP contribution in [0.5, 0.6) is 11.5 Å². The molecule has 0 saturated carbocycles. The molecule has 74 valence electrons. The van der Waals surface area contributed by atoms with E-state index < -0.39 is 0 Å². The number of ether oxygens (including phenoxy) is 3. The Morgan fingerprint density at radius 2 is 2.07 bits per heavy atom. The minimum Gasteiger partial charge on any atom is -1.00 e. The second-order valence-corrected chi connectivity index (χ2v) is 2.12. The number of hydrogen-bond acceptors (Lipinski definition) is 3. The van der Waals surface area contributed by atoms with Gasteiger partial charge in [0, 0.05) is 12.9 Å². The molecule has 0 fully saturated rings. The third-order valence-corrected chi connectivity index (χ3v) is 1.32. The summed E-state index contributed by atoms with van der Waals surface area (Å²) in [6.45, 7) is 0.205. The number of methoxy groups -OCH3 is 2. The summed E-state index contributed by atoms with van der Waals surface area (Å²) in [5, 5.41) is 0. The zero-order valence-electron chi connectivity index (χ0n) is 8.25. The van der Waals surface area contributed by atoms with Crippen LogP contribution in [0.15, 0.2) is 18.2 Å². The normalized spacial score (nSPS) is 8.14. The molecule has 0 atom stereocenters. The first-order chi connectivity index (χ1) is 5.88. The number of para-hydroxylation sites is 1. The molecule has 0 heterocycles. The molecular formula is C9H11BrMgO3. The summed E-state index contributed by atoms with van der Waals surface area (Å²) in [6, 6.07) is 8.29. The molecule has 0 radical (unpaired) electrons. The van der Waals surface area contributed by atoms with Gasteiger partial charge in [-0.1, -0.05) is 0 Å². The number of hydrogen-bond donors (Lipinski definition) is 0. The standard InChI is InChI=1S/C9H11O3.BrH.Mg/c1-10-7-12-9-6-4-3-5-8(9)11-2;;/h3-5H,7H2,1-2H3;1H;/q-1;;+2/p-1. The van der Waals surface area contributed by atoms with E-state index in [1.807, 2.05) is 12.1 Å². The largest absolute Gasteiger partial charge is 2.00 e. The topological polar surface area (TPSA) is 27.7 Å². The van der Waals surface area contributed by atoms with Crippen molar-refractivity contribution in [2.75, 3.05) is 21.0 Å². The Morgan fingerprint density at radius 3 is 2.64 bits per heavy atom. The van der Waals surface area contributed by atoms with Crippen LogP contribution >= 0.6 is 0 Å². The van der Waals surface area contributed by atoms with Gasteiger partial charge in [-0.25, -0.2) is 0 Å². The molecule has 1 aromatic carbocycles. The van der Waals surface area contributed by atoms with Crippen molar-refractivity contribution in [1.29, 1.82) is 0 Å². The van der Waals surface area contributed by atoms with Gasteiger partial charge in [0.15, 0.2) is 6.79 Å². The second kappa shape index (κ2) is 9.58. The minimum atomic E-state index is 0. The van der Waals surface area contributed by atoms with Crippen molar-refractivity contribution in [3.63, 3.8) is 0 Å². The van der Waals surface area contributed by atoms with E-state index in [-0.39, 0.29) is 46.8 Å². The van der Waals surface area contributed by atoms with Gasteiger partial charge in [-0.15, -0.1) is 12.1 Å². The third kappa shape index (κ3) is 5.04. The molecule has 0 saturated heterocycles. The zero-order valence-corrected chi connectivity index (χ0v) is 11.2. The Hall–Kier alpha value is 0.0262. The van der Waals surface area contributed by atoms with Crippen molar-refractivity contribution in [2.45, 2.75) is 0 Å². The fourth-order valence-corrected chi connectivity index (χ4v) is 0.798. The number of halogens is 1. The second-order valence-electron chi connectivity index (χ2n) is 2.12. The van der Waals surface area contributed by atoms with E-state index in [0.29, 0.717) is 11.5 Å². The third-order valence-electron chi connectivity index (χ3n) is 1.32. The SMILES string of the molecule is COCOc1[c-]cccc1OC.[Br-].[Mg+2]. The summed E-state index contributed by atoms with van der Waals surface area (Å²) in [5.74, 6) is 1.23. The fraction of sp³-hybridized carbons (Fsp3) is 0.333. The van der Waals surface area contributed by atoms with Crippen molar-refractivity contribution >= 4 is 23.1 Å². The van der Waals surface area contributed by atoms with E-state index in [9.17, 15) is 0 Å². The van der Waals surface area contributed by atoms with Crippen molar-refractivity contribution in [2.24, 2.45) is 0 Å². The molecule has 3 nitrogen and oxygen atoms in total. The molecule has 0 amide bonds. The quantitative estimate of drug-likeness (QED) is 0.364. The zero-order chi connectivity index (χ0) is 8.81. The monoisotopic (exact) mass is 270 g/mol. The molecule has 0 N–H and O–H groups in total. The van der Waals surface area contributed by atoms with Crippen LogP contribution in [0.4, 0.5) is 0 Å². The fourth-order valence-electron chi connectivity index (χ4n) is 0.798. The molecule has 0 bridgehead atoms. The van der Waals surface area contributed by atoms with Crippen molar-refractivity contribution < 1.29 is 31.2 Å². The predicted molar refractivity (Wildman–Crippen MR) is 50.1 cm³/mol. The van der Waals surface area contributed by atoms with Gasteiger partial charge in [0.1, 0.15) is 0 Å². The molecule has 5 heteroatoms. The van der Waals surface area contributed by atoms with E-state index in [1.165, 1.54) is 0 Å². The first kappa shape index (κ1) is 16.5. The molecule has 14 heavy (non-hydrogen) atoms. The molecule has 1 aromatic rings. The average molecular weight is 271 g/mol. The molecular weight excluding hydrogens is 260 g/mol. The molecule has 0 unspecified atom stereocenters. The van der Waals surface area contributed by atoms with Gasteiger partial charge in [-0.3, -0.25) is 0 Å². The molecule has 0 aliphatic carbocycles. The summed E-state index contributed by atoms with van der Waals surface area (Å²) in [7, 11) is 3.15. The molecule has 1 rings (SSSR count). The van der Waals surface area contributed by atoms with Gasteiger partial charge in [0.2, 0.25) is 0 Å². The van der Waals surface area contributed by atoms with Gasteiger partial charge in [-0.05, 0) is 0 Å². The summed E-state index contributed by atoms with van der Waals surface area (Å²) < 4.78 is 15.0. The first-order valence-corrected chi connectivity index (χ1v) is 3.55. The van der Waals surface area contributed by atoms with Crippen molar-refractivity contribution in [1.82, 2.24) is 0 Å². The maximum absolute atomic E-state index is 5.17. The van der Waals surface area contributed by atoms with Crippen LogP contribution in [-0.4, -0.2) is 44.1 Å². The van der Waals surface area contributed by atoms with Gasteiger partial charge in [0.05, 0.1) is 12.9 Å². The summed E-state index contributed by atoms with van der Waals surface area (Å²) in [4.78, 5) is 0. The van der Waals surface area contributed by atoms with Crippen LogP contribution in [0.1, 0.15) is 0 Å². The number of benzene rings is 1. The van der Waals surface area contributed by atoms with E-state index in [0.717, 1.165) is 0 Å². The first-order valence-electron chi connectivity index (χ1n) is 3.55. The molecule has 0 aliphatic heterocycles. The Kier molecular flexibility index (Phi) is 11.3. The Labute approximate surface area is 111 Å². The number of rotatable bonds is 4. The van der Waals surface area contributed by atoms with Crippen molar-refractivity contribution in [3.8, 4) is 11.5 Å². The predicted octanol–water partition coefficient (Wildman–Crippen LogP) is -1.90. The summed E-state index contributed by atoms with van der Waals surface area (Å²) in [6.07, 6.45) is 0. The Bertz CT molecular complexity index is 245. The Balaban J connectivity index is 0. The van der Waals surface area contributed by atoms with E-state index >= 15 is 0 Å². The average Bonchev–Trinajstić information content (AvgIpc) is 2.15. The van der Waals surface area contributed by atoms with Crippen LogP contribution in [-0.2, 0) is 4.74 Å². The van der Waals surface area contributed by atoms with Gasteiger partial charge in [-0.2, -0.15) is 12.1 Å². The molecule has 0 aromatic heterocycles. The maximum atomic E-state index is 5.17. The molecule has 0 aliphatic rings. The van der Waals surface area contributed by atoms with Crippen LogP contribution < -0.4 is 26.5 Å². The molecule has 0 spiro atoms. The van der Waals surface area contributed by atoms with Crippen LogP contribution in [0.25, 0.3) is 0 Å². The van der Waals surface area contributed by atoms with Crippen molar-refractivity contribution in [3.05, 3.63) is 24.3 Å². The van der Waals surface area contributed by atoms with E-state index in [4.69, 9.17) is 14.2 Å². The van der Waals surface area contributed by atoms with Crippen LogP contribution in [0.3, 0.4) is 0 Å². The smallest absolute Gasteiger partial charge is 1.00 e. The van der Waals surface area contributed by atoms with Gasteiger partial charge >= 0.3 is 23.1 Å². The summed E-state index contributed by atoms with van der Waals surface area (Å²) >= 11 is 0. The van der Waals surface area contributed by atoms with Crippen LogP contribution in [0.2, 0.25) is 0 Å². The van der Waals surface area contributed by atoms with Crippen LogP contribution in [0, 0.1) is 6.07 Å². The van der Waals surface area contributed by atoms with Gasteiger partial charge in [0.25, 0.3) is 0 Å². The van der Waals surface area contributed by atoms with E-state index in [1.54, 1.807) is 20.3 Å².